The number of nitrogens with one attached hydrogen (secondary N) is 2. The molecule has 7 heteroatoms. The standard InChI is InChI=1S/C17H21ClN2O4/c1-2-6-19-16(22)11-20-15(21)5-4-12-9-13(18)17-14(10-12)23-7-3-8-24-17/h4-5,9-10H,2-3,6-8,11H2,1H3,(H,19,22)(H,20,21)/b5-4+. The number of rotatable bonds is 6. The molecule has 2 amide bonds. The van der Waals surface area contributed by atoms with Gasteiger partial charge < -0.3 is 20.1 Å². The largest absolute Gasteiger partial charge is 0.489 e. The molecule has 0 saturated heterocycles. The Morgan fingerprint density at radius 1 is 1.25 bits per heavy atom. The molecule has 1 aromatic carbocycles. The molecule has 6 nitrogen and oxygen atoms in total. The third kappa shape index (κ3) is 5.45. The fourth-order valence-electron chi connectivity index (χ4n) is 2.07. The van der Waals surface area contributed by atoms with Crippen molar-refractivity contribution in [3.8, 4) is 11.5 Å². The second kappa shape index (κ2) is 9.17. The summed E-state index contributed by atoms with van der Waals surface area (Å²) in [4.78, 5) is 23.2. The number of carbonyl (C=O) groups is 2. The van der Waals surface area contributed by atoms with Crippen LogP contribution in [0.1, 0.15) is 25.3 Å². The fourth-order valence-corrected chi connectivity index (χ4v) is 2.35. The zero-order valence-corrected chi connectivity index (χ0v) is 14.3. The van der Waals surface area contributed by atoms with Gasteiger partial charge >= 0.3 is 0 Å². The van der Waals surface area contributed by atoms with Gasteiger partial charge in [-0.1, -0.05) is 18.5 Å². The highest BCUT2D eigenvalue weighted by molar-refractivity contribution is 6.32. The zero-order chi connectivity index (χ0) is 17.4. The molecule has 1 aromatic rings. The first-order valence-corrected chi connectivity index (χ1v) is 8.29. The van der Waals surface area contributed by atoms with Crippen LogP contribution < -0.4 is 20.1 Å². The lowest BCUT2D eigenvalue weighted by Crippen LogP contribution is -2.36. The summed E-state index contributed by atoms with van der Waals surface area (Å²) in [5.41, 5.74) is 0.717. The first kappa shape index (κ1) is 18.1. The number of hydrogen-bond acceptors (Lipinski definition) is 4. The highest BCUT2D eigenvalue weighted by atomic mass is 35.5. The van der Waals surface area contributed by atoms with Gasteiger partial charge in [0.15, 0.2) is 11.5 Å². The van der Waals surface area contributed by atoms with E-state index >= 15 is 0 Å². The smallest absolute Gasteiger partial charge is 0.244 e. The van der Waals surface area contributed by atoms with E-state index in [2.05, 4.69) is 10.6 Å². The number of hydrogen-bond donors (Lipinski definition) is 2. The summed E-state index contributed by atoms with van der Waals surface area (Å²) >= 11 is 6.19. The van der Waals surface area contributed by atoms with Crippen molar-refractivity contribution in [2.45, 2.75) is 19.8 Å². The van der Waals surface area contributed by atoms with E-state index in [0.717, 1.165) is 18.4 Å². The van der Waals surface area contributed by atoms with Gasteiger partial charge in [0.1, 0.15) is 0 Å². The molecule has 2 rings (SSSR count). The van der Waals surface area contributed by atoms with Crippen LogP contribution in [0.15, 0.2) is 18.2 Å². The average molecular weight is 353 g/mol. The van der Waals surface area contributed by atoms with Crippen LogP contribution in [0.2, 0.25) is 5.02 Å². The van der Waals surface area contributed by atoms with Crippen molar-refractivity contribution in [1.29, 1.82) is 0 Å². The molecule has 0 unspecified atom stereocenters. The molecule has 0 aliphatic carbocycles. The second-order valence-electron chi connectivity index (χ2n) is 5.28. The van der Waals surface area contributed by atoms with E-state index in [4.69, 9.17) is 21.1 Å². The van der Waals surface area contributed by atoms with Crippen LogP contribution in [-0.2, 0) is 9.59 Å². The summed E-state index contributed by atoms with van der Waals surface area (Å²) in [7, 11) is 0. The number of ether oxygens (including phenoxy) is 2. The Bertz CT molecular complexity index is 631. The van der Waals surface area contributed by atoms with E-state index in [0.29, 0.717) is 36.3 Å². The van der Waals surface area contributed by atoms with Crippen LogP contribution in [0.25, 0.3) is 6.08 Å². The Morgan fingerprint density at radius 2 is 2.04 bits per heavy atom. The Kier molecular flexibility index (Phi) is 6.93. The zero-order valence-electron chi connectivity index (χ0n) is 13.6. The summed E-state index contributed by atoms with van der Waals surface area (Å²) in [6, 6.07) is 3.47. The van der Waals surface area contributed by atoms with E-state index < -0.39 is 0 Å². The first-order valence-electron chi connectivity index (χ1n) is 7.92. The minimum atomic E-state index is -0.357. The topological polar surface area (TPSA) is 76.7 Å². The molecular weight excluding hydrogens is 332 g/mol. The van der Waals surface area contributed by atoms with E-state index in [9.17, 15) is 9.59 Å². The maximum Gasteiger partial charge on any atom is 0.244 e. The molecule has 1 aliphatic heterocycles. The number of amides is 2. The lowest BCUT2D eigenvalue weighted by molar-refractivity contribution is -0.123. The van der Waals surface area contributed by atoms with E-state index in [1.165, 1.54) is 6.08 Å². The lowest BCUT2D eigenvalue weighted by atomic mass is 10.2. The normalized spacial score (nSPS) is 13.4. The summed E-state index contributed by atoms with van der Waals surface area (Å²) in [6.07, 6.45) is 4.60. The van der Waals surface area contributed by atoms with E-state index in [1.807, 2.05) is 6.92 Å². The van der Waals surface area contributed by atoms with Crippen molar-refractivity contribution >= 4 is 29.5 Å². The fraction of sp³-hybridized carbons (Fsp3) is 0.412. The minimum absolute atomic E-state index is 0.0505. The van der Waals surface area contributed by atoms with Gasteiger partial charge in [-0.3, -0.25) is 9.59 Å². The van der Waals surface area contributed by atoms with Crippen molar-refractivity contribution in [3.05, 3.63) is 28.8 Å². The molecule has 0 atom stereocenters. The number of fused-ring (bicyclic) bond motifs is 1. The Balaban J connectivity index is 1.94. The molecule has 2 N–H and O–H groups in total. The molecule has 0 fully saturated rings. The second-order valence-corrected chi connectivity index (χ2v) is 5.69. The Hall–Kier alpha value is -2.21. The van der Waals surface area contributed by atoms with Gasteiger partial charge in [0.05, 0.1) is 24.8 Å². The summed E-state index contributed by atoms with van der Waals surface area (Å²) in [5, 5.41) is 5.64. The molecule has 24 heavy (non-hydrogen) atoms. The SMILES string of the molecule is CCCNC(=O)CNC(=O)/C=C/c1cc(Cl)c2c(c1)OCCCO2. The van der Waals surface area contributed by atoms with Gasteiger partial charge in [-0.15, -0.1) is 0 Å². The van der Waals surface area contributed by atoms with Crippen LogP contribution in [0.4, 0.5) is 0 Å². The number of carbonyl (C=O) groups excluding carboxylic acids is 2. The predicted octanol–water partition coefficient (Wildman–Crippen LogP) is 2.16. The van der Waals surface area contributed by atoms with Gasteiger partial charge in [0.2, 0.25) is 11.8 Å². The number of halogens is 1. The number of benzene rings is 1. The first-order chi connectivity index (χ1) is 11.6. The van der Waals surface area contributed by atoms with Crippen LogP contribution in [-0.4, -0.2) is 38.1 Å². The predicted molar refractivity (Wildman–Crippen MR) is 92.4 cm³/mol. The molecule has 0 spiro atoms. The van der Waals surface area contributed by atoms with E-state index in [-0.39, 0.29) is 18.4 Å². The van der Waals surface area contributed by atoms with Gasteiger partial charge in [-0.2, -0.15) is 0 Å². The maximum absolute atomic E-state index is 11.8. The van der Waals surface area contributed by atoms with Crippen LogP contribution in [0.3, 0.4) is 0 Å². The Labute approximate surface area is 146 Å². The average Bonchev–Trinajstić information content (AvgIpc) is 2.82. The molecule has 130 valence electrons. The maximum atomic E-state index is 11.8. The third-order valence-corrected chi connectivity index (χ3v) is 3.53. The van der Waals surface area contributed by atoms with Crippen molar-refractivity contribution in [2.75, 3.05) is 26.3 Å². The molecule has 0 saturated carbocycles. The van der Waals surface area contributed by atoms with Crippen molar-refractivity contribution in [1.82, 2.24) is 10.6 Å². The lowest BCUT2D eigenvalue weighted by Gasteiger charge is -2.10. The summed E-state index contributed by atoms with van der Waals surface area (Å²) in [5.74, 6) is 0.532. The molecule has 1 aliphatic rings. The van der Waals surface area contributed by atoms with Crippen LogP contribution >= 0.6 is 11.6 Å². The van der Waals surface area contributed by atoms with E-state index in [1.54, 1.807) is 18.2 Å². The van der Waals surface area contributed by atoms with Crippen molar-refractivity contribution in [3.63, 3.8) is 0 Å². The van der Waals surface area contributed by atoms with Gasteiger partial charge in [0, 0.05) is 19.0 Å². The minimum Gasteiger partial charge on any atom is -0.489 e. The van der Waals surface area contributed by atoms with Crippen molar-refractivity contribution < 1.29 is 19.1 Å². The molecule has 0 aromatic heterocycles. The highest BCUT2D eigenvalue weighted by Gasteiger charge is 2.14. The van der Waals surface area contributed by atoms with Gasteiger partial charge in [0.25, 0.3) is 0 Å². The summed E-state index contributed by atoms with van der Waals surface area (Å²) < 4.78 is 11.1. The third-order valence-electron chi connectivity index (χ3n) is 3.25. The molecule has 0 radical (unpaired) electrons. The van der Waals surface area contributed by atoms with Gasteiger partial charge in [-0.25, -0.2) is 0 Å². The van der Waals surface area contributed by atoms with Crippen molar-refractivity contribution in [2.24, 2.45) is 0 Å². The molecule has 1 heterocycles. The van der Waals surface area contributed by atoms with Crippen LogP contribution in [0, 0.1) is 0 Å². The van der Waals surface area contributed by atoms with Gasteiger partial charge in [-0.05, 0) is 30.2 Å². The molecule has 0 bridgehead atoms. The quantitative estimate of drug-likeness (QED) is 0.769. The Morgan fingerprint density at radius 3 is 2.83 bits per heavy atom. The highest BCUT2D eigenvalue weighted by Crippen LogP contribution is 2.38. The molecular formula is C17H21ClN2O4. The van der Waals surface area contributed by atoms with Crippen LogP contribution in [0.5, 0.6) is 11.5 Å². The summed E-state index contributed by atoms with van der Waals surface area (Å²) in [6.45, 7) is 3.63. The monoisotopic (exact) mass is 352 g/mol.